The number of rotatable bonds is 6. The predicted molar refractivity (Wildman–Crippen MR) is 101 cm³/mol. The van der Waals surface area contributed by atoms with Crippen LogP contribution in [0.4, 0.5) is 11.4 Å². The summed E-state index contributed by atoms with van der Waals surface area (Å²) in [5.41, 5.74) is 0.0676. The third-order valence-electron chi connectivity index (χ3n) is 4.02. The predicted octanol–water partition coefficient (Wildman–Crippen LogP) is 2.95. The van der Waals surface area contributed by atoms with E-state index >= 15 is 0 Å². The largest absolute Gasteiger partial charge is 0.483 e. The van der Waals surface area contributed by atoms with Crippen molar-refractivity contribution in [1.82, 2.24) is 4.57 Å². The minimum absolute atomic E-state index is 0.116. The average molecular weight is 367 g/mol. The Balaban J connectivity index is 1.74. The summed E-state index contributed by atoms with van der Waals surface area (Å²) in [5.74, 6) is -0.0450. The number of pyridine rings is 1. The molecule has 1 amide bonds. The van der Waals surface area contributed by atoms with Gasteiger partial charge in [0.25, 0.3) is 17.2 Å². The Kier molecular flexibility index (Phi) is 5.16. The van der Waals surface area contributed by atoms with E-state index in [1.807, 2.05) is 6.92 Å². The van der Waals surface area contributed by atoms with Gasteiger partial charge >= 0.3 is 0 Å². The fourth-order valence-electron chi connectivity index (χ4n) is 2.70. The molecule has 0 radical (unpaired) electrons. The number of ether oxygens (including phenoxy) is 1. The monoisotopic (exact) mass is 367 g/mol. The first-order valence-electron chi connectivity index (χ1n) is 8.29. The molecule has 0 unspecified atom stereocenters. The van der Waals surface area contributed by atoms with E-state index in [0.29, 0.717) is 28.8 Å². The van der Waals surface area contributed by atoms with Gasteiger partial charge in [-0.2, -0.15) is 0 Å². The number of benzene rings is 2. The molecule has 138 valence electrons. The van der Waals surface area contributed by atoms with Crippen LogP contribution in [0.2, 0.25) is 0 Å². The molecule has 27 heavy (non-hydrogen) atoms. The van der Waals surface area contributed by atoms with Crippen LogP contribution in [0.5, 0.6) is 5.75 Å². The van der Waals surface area contributed by atoms with Gasteiger partial charge in [0.15, 0.2) is 6.61 Å². The number of amides is 1. The lowest BCUT2D eigenvalue weighted by Gasteiger charge is -2.11. The molecule has 8 nitrogen and oxygen atoms in total. The Morgan fingerprint density at radius 2 is 1.96 bits per heavy atom. The first-order chi connectivity index (χ1) is 13.0. The maximum Gasteiger partial charge on any atom is 0.271 e. The number of non-ortho nitro benzene ring substituents is 1. The molecule has 8 heteroatoms. The van der Waals surface area contributed by atoms with Gasteiger partial charge in [-0.25, -0.2) is 0 Å². The van der Waals surface area contributed by atoms with Gasteiger partial charge in [0, 0.05) is 35.9 Å². The highest BCUT2D eigenvalue weighted by Crippen LogP contribution is 2.23. The molecule has 0 fully saturated rings. The average Bonchev–Trinajstić information content (AvgIpc) is 2.67. The van der Waals surface area contributed by atoms with Crippen molar-refractivity contribution in [3.05, 3.63) is 75.2 Å². The van der Waals surface area contributed by atoms with Crippen LogP contribution in [0.1, 0.15) is 6.92 Å². The number of carbonyl (C=O) groups is 1. The van der Waals surface area contributed by atoms with Crippen molar-refractivity contribution in [3.63, 3.8) is 0 Å². The smallest absolute Gasteiger partial charge is 0.271 e. The molecular formula is C19H17N3O5. The van der Waals surface area contributed by atoms with Crippen LogP contribution in [0.15, 0.2) is 59.5 Å². The normalized spacial score (nSPS) is 10.6. The summed E-state index contributed by atoms with van der Waals surface area (Å²) in [6, 6.07) is 12.5. The topological polar surface area (TPSA) is 103 Å². The quantitative estimate of drug-likeness (QED) is 0.533. The Bertz CT molecular complexity index is 1070. The summed E-state index contributed by atoms with van der Waals surface area (Å²) in [5, 5.41) is 14.5. The second-order valence-corrected chi connectivity index (χ2v) is 5.77. The van der Waals surface area contributed by atoms with E-state index in [1.165, 1.54) is 18.2 Å². The molecule has 0 atom stereocenters. The Hall–Kier alpha value is -3.68. The minimum atomic E-state index is -0.536. The first-order valence-corrected chi connectivity index (χ1v) is 8.29. The number of aromatic nitrogens is 1. The molecule has 0 aliphatic carbocycles. The van der Waals surface area contributed by atoms with Crippen LogP contribution in [0.3, 0.4) is 0 Å². The number of aryl methyl sites for hydroxylation is 1. The zero-order valence-corrected chi connectivity index (χ0v) is 14.5. The van der Waals surface area contributed by atoms with Gasteiger partial charge in [0.05, 0.1) is 10.3 Å². The van der Waals surface area contributed by atoms with E-state index in [2.05, 4.69) is 5.32 Å². The van der Waals surface area contributed by atoms with Crippen molar-refractivity contribution < 1.29 is 14.5 Å². The van der Waals surface area contributed by atoms with Crippen LogP contribution in [-0.4, -0.2) is 22.0 Å². The van der Waals surface area contributed by atoms with Crippen molar-refractivity contribution in [2.24, 2.45) is 0 Å². The van der Waals surface area contributed by atoms with E-state index in [4.69, 9.17) is 4.74 Å². The van der Waals surface area contributed by atoms with Gasteiger partial charge in [0.1, 0.15) is 5.75 Å². The molecule has 1 heterocycles. The van der Waals surface area contributed by atoms with Crippen LogP contribution >= 0.6 is 0 Å². The number of carbonyl (C=O) groups excluding carboxylic acids is 1. The van der Waals surface area contributed by atoms with Crippen molar-refractivity contribution in [1.29, 1.82) is 0 Å². The van der Waals surface area contributed by atoms with E-state index in [1.54, 1.807) is 41.1 Å². The Morgan fingerprint density at radius 3 is 2.70 bits per heavy atom. The highest BCUT2D eigenvalue weighted by atomic mass is 16.6. The van der Waals surface area contributed by atoms with Crippen molar-refractivity contribution in [2.75, 3.05) is 11.9 Å². The number of nitro benzene ring substituents is 1. The van der Waals surface area contributed by atoms with Gasteiger partial charge in [-0.15, -0.1) is 0 Å². The molecule has 3 rings (SSSR count). The van der Waals surface area contributed by atoms with Crippen LogP contribution in [0.25, 0.3) is 10.8 Å². The van der Waals surface area contributed by atoms with Crippen LogP contribution in [0, 0.1) is 10.1 Å². The Morgan fingerprint density at radius 1 is 1.19 bits per heavy atom. The number of nitrogens with zero attached hydrogens (tertiary/aromatic N) is 2. The maximum atomic E-state index is 12.4. The summed E-state index contributed by atoms with van der Waals surface area (Å²) < 4.78 is 7.15. The highest BCUT2D eigenvalue weighted by molar-refractivity contribution is 5.93. The molecular weight excluding hydrogens is 350 g/mol. The Labute approximate surface area is 154 Å². The second-order valence-electron chi connectivity index (χ2n) is 5.77. The SMILES string of the molecule is CCn1ccc2c(OCC(=O)Nc3cccc([N+](=O)[O-])c3)cccc2c1=O. The molecule has 0 aliphatic heterocycles. The molecule has 0 spiro atoms. The summed E-state index contributed by atoms with van der Waals surface area (Å²) in [6.07, 6.45) is 1.68. The van der Waals surface area contributed by atoms with Crippen LogP contribution < -0.4 is 15.6 Å². The molecule has 1 aromatic heterocycles. The molecule has 1 N–H and O–H groups in total. The van der Waals surface area contributed by atoms with Crippen LogP contribution in [-0.2, 0) is 11.3 Å². The lowest BCUT2D eigenvalue weighted by atomic mass is 10.1. The van der Waals surface area contributed by atoms with E-state index in [-0.39, 0.29) is 17.9 Å². The number of fused-ring (bicyclic) bond motifs is 1. The first kappa shape index (κ1) is 18.1. The summed E-state index contributed by atoms with van der Waals surface area (Å²) >= 11 is 0. The lowest BCUT2D eigenvalue weighted by molar-refractivity contribution is -0.384. The number of nitro groups is 1. The maximum absolute atomic E-state index is 12.4. The standard InChI is InChI=1S/C19H17N3O5/c1-2-21-10-9-15-16(19(21)24)7-4-8-17(15)27-12-18(23)20-13-5-3-6-14(11-13)22(25)26/h3-11H,2,12H2,1H3,(H,20,23). The van der Waals surface area contributed by atoms with Crippen molar-refractivity contribution in [3.8, 4) is 5.75 Å². The number of hydrogen-bond acceptors (Lipinski definition) is 5. The number of hydrogen-bond donors (Lipinski definition) is 1. The lowest BCUT2D eigenvalue weighted by Crippen LogP contribution is -2.21. The van der Waals surface area contributed by atoms with Gasteiger partial charge < -0.3 is 14.6 Å². The summed E-state index contributed by atoms with van der Waals surface area (Å²) in [7, 11) is 0. The van der Waals surface area contributed by atoms with E-state index in [0.717, 1.165) is 0 Å². The summed E-state index contributed by atoms with van der Waals surface area (Å²) in [4.78, 5) is 34.7. The highest BCUT2D eigenvalue weighted by Gasteiger charge is 2.11. The third kappa shape index (κ3) is 3.95. The van der Waals surface area contributed by atoms with Gasteiger partial charge in [-0.3, -0.25) is 19.7 Å². The molecule has 0 saturated heterocycles. The molecule has 0 bridgehead atoms. The van der Waals surface area contributed by atoms with Crippen molar-refractivity contribution in [2.45, 2.75) is 13.5 Å². The fraction of sp³-hybridized carbons (Fsp3) is 0.158. The summed E-state index contributed by atoms with van der Waals surface area (Å²) in [6.45, 7) is 2.15. The second kappa shape index (κ2) is 7.69. The van der Waals surface area contributed by atoms with Gasteiger partial charge in [-0.05, 0) is 31.2 Å². The van der Waals surface area contributed by atoms with Crippen molar-refractivity contribution >= 4 is 28.1 Å². The van der Waals surface area contributed by atoms with E-state index in [9.17, 15) is 19.7 Å². The van der Waals surface area contributed by atoms with Gasteiger partial charge in [0.2, 0.25) is 0 Å². The van der Waals surface area contributed by atoms with Gasteiger partial charge in [-0.1, -0.05) is 12.1 Å². The fourth-order valence-corrected chi connectivity index (χ4v) is 2.70. The molecule has 0 aliphatic rings. The number of anilines is 1. The zero-order valence-electron chi connectivity index (χ0n) is 14.5. The molecule has 2 aromatic carbocycles. The zero-order chi connectivity index (χ0) is 19.4. The minimum Gasteiger partial charge on any atom is -0.483 e. The third-order valence-corrected chi connectivity index (χ3v) is 4.02. The molecule has 0 saturated carbocycles. The van der Waals surface area contributed by atoms with E-state index < -0.39 is 10.8 Å². The molecule has 3 aromatic rings. The number of nitrogens with one attached hydrogen (secondary N) is 1.